The Hall–Kier alpha value is -1.66. The van der Waals surface area contributed by atoms with E-state index < -0.39 is 30.4 Å². The topological polar surface area (TPSA) is 75.6 Å². The Kier molecular flexibility index (Phi) is 5.41. The summed E-state index contributed by atoms with van der Waals surface area (Å²) in [7, 11) is 0. The molecule has 1 atom stereocenters. The van der Waals surface area contributed by atoms with Crippen molar-refractivity contribution in [3.05, 3.63) is 12.7 Å². The number of rotatable bonds is 6. The van der Waals surface area contributed by atoms with E-state index in [4.69, 9.17) is 5.11 Å². The number of nitrogens with one attached hydrogen (secondary N) is 1. The Balaban J connectivity index is 4.48. The zero-order valence-corrected chi connectivity index (χ0v) is 8.70. The molecule has 2 N–H and O–H groups in total. The number of halogens is 2. The first-order chi connectivity index (χ1) is 7.31. The van der Waals surface area contributed by atoms with Gasteiger partial charge in [0.25, 0.3) is 6.43 Å². The fourth-order valence-electron chi connectivity index (χ4n) is 0.894. The maximum absolute atomic E-state index is 12.6. The Morgan fingerprint density at radius 3 is 2.56 bits per heavy atom. The number of carbonyl (C=O) groups is 2. The molecule has 7 heteroatoms. The highest BCUT2D eigenvalue weighted by atomic mass is 19.3. The first-order valence-corrected chi connectivity index (χ1v) is 4.37. The third-order valence-corrected chi connectivity index (χ3v) is 1.72. The highest BCUT2D eigenvalue weighted by molar-refractivity contribution is 5.72. The summed E-state index contributed by atoms with van der Waals surface area (Å²) in [6, 6.07) is 0. The molecule has 0 heterocycles. The normalized spacial score (nSPS) is 14.0. The van der Waals surface area contributed by atoms with Crippen LogP contribution < -0.4 is 5.32 Å². The molecule has 0 fully saturated rings. The Morgan fingerprint density at radius 1 is 1.62 bits per heavy atom. The first-order valence-electron chi connectivity index (χ1n) is 4.37. The van der Waals surface area contributed by atoms with E-state index in [9.17, 15) is 18.4 Å². The summed E-state index contributed by atoms with van der Waals surface area (Å²) < 4.78 is 29.6. The minimum atomic E-state index is -3.01. The van der Waals surface area contributed by atoms with Gasteiger partial charge in [-0.3, -0.25) is 4.79 Å². The van der Waals surface area contributed by atoms with Crippen LogP contribution >= 0.6 is 0 Å². The van der Waals surface area contributed by atoms with Crippen molar-refractivity contribution in [2.24, 2.45) is 0 Å². The van der Waals surface area contributed by atoms with E-state index in [2.05, 4.69) is 11.3 Å². The Morgan fingerprint density at radius 2 is 2.19 bits per heavy atom. The quantitative estimate of drug-likeness (QED) is 0.684. The van der Waals surface area contributed by atoms with Gasteiger partial charge in [-0.05, 0) is 6.92 Å². The van der Waals surface area contributed by atoms with Gasteiger partial charge in [0.1, 0.15) is 12.1 Å². The molecule has 0 saturated carbocycles. The van der Waals surface area contributed by atoms with Crippen LogP contribution in [0.4, 0.5) is 13.6 Å². The molecule has 92 valence electrons. The van der Waals surface area contributed by atoms with E-state index in [1.807, 2.05) is 5.32 Å². The van der Waals surface area contributed by atoms with E-state index in [1.165, 1.54) is 6.08 Å². The fourth-order valence-corrected chi connectivity index (χ4v) is 0.894. The van der Waals surface area contributed by atoms with Crippen molar-refractivity contribution in [3.8, 4) is 0 Å². The number of alkyl halides is 2. The van der Waals surface area contributed by atoms with E-state index in [-0.39, 0.29) is 6.61 Å². The number of amides is 1. The number of aliphatic carboxylic acids is 1. The second-order valence-corrected chi connectivity index (χ2v) is 3.30. The summed E-state index contributed by atoms with van der Waals surface area (Å²) in [6.45, 7) is 4.06. The molecule has 0 saturated heterocycles. The van der Waals surface area contributed by atoms with Crippen molar-refractivity contribution >= 4 is 12.1 Å². The molecule has 0 rings (SSSR count). The number of hydrogen-bond acceptors (Lipinski definition) is 3. The lowest BCUT2D eigenvalue weighted by molar-refractivity contribution is -0.140. The molecule has 16 heavy (non-hydrogen) atoms. The zero-order chi connectivity index (χ0) is 12.8. The molecule has 0 aliphatic rings. The number of carbonyl (C=O) groups excluding carboxylic acids is 1. The second kappa shape index (κ2) is 6.04. The van der Waals surface area contributed by atoms with Crippen LogP contribution in [0.5, 0.6) is 0 Å². The molecule has 0 aliphatic heterocycles. The molecule has 1 amide bonds. The van der Waals surface area contributed by atoms with Crippen LogP contribution in [-0.2, 0) is 9.53 Å². The van der Waals surface area contributed by atoms with Crippen LogP contribution in [0.2, 0.25) is 0 Å². The van der Waals surface area contributed by atoms with Crippen LogP contribution in [0, 0.1) is 0 Å². The highest BCUT2D eigenvalue weighted by Gasteiger charge is 2.39. The summed E-state index contributed by atoms with van der Waals surface area (Å²) in [5.41, 5.74) is -2.15. The van der Waals surface area contributed by atoms with Crippen LogP contribution in [0.3, 0.4) is 0 Å². The van der Waals surface area contributed by atoms with E-state index in [1.54, 1.807) is 0 Å². The number of hydrogen-bond donors (Lipinski definition) is 2. The minimum absolute atomic E-state index is 0.141. The monoisotopic (exact) mass is 237 g/mol. The van der Waals surface area contributed by atoms with Crippen molar-refractivity contribution in [3.63, 3.8) is 0 Å². The van der Waals surface area contributed by atoms with Gasteiger partial charge in [0.05, 0.1) is 6.42 Å². The van der Waals surface area contributed by atoms with Crippen molar-refractivity contribution < 1.29 is 28.2 Å². The molecule has 0 aromatic carbocycles. The molecular formula is C9H13F2NO4. The zero-order valence-electron chi connectivity index (χ0n) is 8.70. The van der Waals surface area contributed by atoms with Gasteiger partial charge in [-0.25, -0.2) is 13.6 Å². The SMILES string of the molecule is C=CCOC(=O)NC(C)(CC(=O)O)C(F)F. The lowest BCUT2D eigenvalue weighted by atomic mass is 9.99. The van der Waals surface area contributed by atoms with Crippen molar-refractivity contribution in [1.29, 1.82) is 0 Å². The standard InChI is InChI=1S/C9H13F2NO4/c1-3-4-16-8(15)12-9(2,7(10)11)5-6(13)14/h3,7H,1,4-5H2,2H3,(H,12,15)(H,13,14). The molecular weight excluding hydrogens is 224 g/mol. The number of alkyl carbamates (subject to hydrolysis) is 1. The second-order valence-electron chi connectivity index (χ2n) is 3.30. The van der Waals surface area contributed by atoms with Gasteiger partial charge < -0.3 is 15.2 Å². The molecule has 0 spiro atoms. The largest absolute Gasteiger partial charge is 0.481 e. The Bertz CT molecular complexity index is 283. The van der Waals surface area contributed by atoms with Gasteiger partial charge in [-0.15, -0.1) is 0 Å². The molecule has 0 bridgehead atoms. The fraction of sp³-hybridized carbons (Fsp3) is 0.556. The molecule has 0 aromatic rings. The molecule has 0 aliphatic carbocycles. The lowest BCUT2D eigenvalue weighted by Crippen LogP contribution is -2.53. The third kappa shape index (κ3) is 4.72. The maximum atomic E-state index is 12.6. The minimum Gasteiger partial charge on any atom is -0.481 e. The van der Waals surface area contributed by atoms with Crippen molar-refractivity contribution in [2.75, 3.05) is 6.61 Å². The van der Waals surface area contributed by atoms with Crippen LogP contribution in [0.15, 0.2) is 12.7 Å². The van der Waals surface area contributed by atoms with Crippen LogP contribution in [0.25, 0.3) is 0 Å². The molecule has 0 aromatic heterocycles. The highest BCUT2D eigenvalue weighted by Crippen LogP contribution is 2.19. The van der Waals surface area contributed by atoms with Gasteiger partial charge in [0.2, 0.25) is 0 Å². The molecule has 0 radical (unpaired) electrons. The summed E-state index contributed by atoms with van der Waals surface area (Å²) >= 11 is 0. The third-order valence-electron chi connectivity index (χ3n) is 1.72. The van der Waals surface area contributed by atoms with Gasteiger partial charge in [-0.1, -0.05) is 12.7 Å². The van der Waals surface area contributed by atoms with Gasteiger partial charge >= 0.3 is 12.1 Å². The maximum Gasteiger partial charge on any atom is 0.408 e. The number of carboxylic acid groups (broad SMARTS) is 1. The van der Waals surface area contributed by atoms with Gasteiger partial charge in [0, 0.05) is 0 Å². The predicted molar refractivity (Wildman–Crippen MR) is 51.3 cm³/mol. The predicted octanol–water partition coefficient (Wildman–Crippen LogP) is 1.40. The summed E-state index contributed by atoms with van der Waals surface area (Å²) in [4.78, 5) is 21.4. The van der Waals surface area contributed by atoms with Crippen LogP contribution in [-0.4, -0.2) is 35.7 Å². The smallest absolute Gasteiger partial charge is 0.408 e. The van der Waals surface area contributed by atoms with E-state index >= 15 is 0 Å². The van der Waals surface area contributed by atoms with Crippen molar-refractivity contribution in [2.45, 2.75) is 25.3 Å². The summed E-state index contributed by atoms with van der Waals surface area (Å²) in [5, 5.41) is 10.3. The summed E-state index contributed by atoms with van der Waals surface area (Å²) in [5.74, 6) is -1.44. The molecule has 1 unspecified atom stereocenters. The number of carboxylic acids is 1. The average Bonchev–Trinajstić information content (AvgIpc) is 2.12. The van der Waals surface area contributed by atoms with Crippen LogP contribution in [0.1, 0.15) is 13.3 Å². The van der Waals surface area contributed by atoms with Crippen molar-refractivity contribution in [1.82, 2.24) is 5.32 Å². The Labute approximate surface area is 91.1 Å². The van der Waals surface area contributed by atoms with E-state index in [0.29, 0.717) is 0 Å². The average molecular weight is 237 g/mol. The first kappa shape index (κ1) is 14.3. The number of ether oxygens (including phenoxy) is 1. The molecule has 5 nitrogen and oxygen atoms in total. The van der Waals surface area contributed by atoms with E-state index in [0.717, 1.165) is 6.92 Å². The lowest BCUT2D eigenvalue weighted by Gasteiger charge is -2.27. The summed E-state index contributed by atoms with van der Waals surface area (Å²) in [6.07, 6.45) is -3.76. The van der Waals surface area contributed by atoms with Gasteiger partial charge in [0.15, 0.2) is 0 Å². The van der Waals surface area contributed by atoms with Gasteiger partial charge in [-0.2, -0.15) is 0 Å².